The molecular weight excluding hydrogens is 460 g/mol. The topological polar surface area (TPSA) is 77.1 Å². The number of amides is 2. The Labute approximate surface area is 186 Å². The lowest BCUT2D eigenvalue weighted by Crippen LogP contribution is -2.42. The lowest BCUT2D eigenvalue weighted by molar-refractivity contribution is -0.355. The molecule has 1 saturated carbocycles. The molecule has 1 aliphatic carbocycles. The fourth-order valence-electron chi connectivity index (χ4n) is 3.44. The van der Waals surface area contributed by atoms with Crippen molar-refractivity contribution in [1.29, 1.82) is 0 Å². The number of nitrogens with zero attached hydrogens (tertiary/aromatic N) is 1. The van der Waals surface area contributed by atoms with Gasteiger partial charge in [-0.2, -0.15) is 0 Å². The Balaban J connectivity index is 1.34. The lowest BCUT2D eigenvalue weighted by Gasteiger charge is -2.37. The Hall–Kier alpha value is -2.53. The molecule has 1 heterocycles. The quantitative estimate of drug-likeness (QED) is 0.540. The number of hydrogen-bond donors (Lipinski definition) is 1. The highest BCUT2D eigenvalue weighted by molar-refractivity contribution is 6.30. The molecule has 2 fully saturated rings. The van der Waals surface area contributed by atoms with E-state index in [1.165, 1.54) is 17.0 Å². The van der Waals surface area contributed by atoms with E-state index in [0.29, 0.717) is 5.70 Å². The van der Waals surface area contributed by atoms with Gasteiger partial charge in [-0.05, 0) is 25.0 Å². The maximum atomic E-state index is 13.4. The number of alkyl halides is 3. The van der Waals surface area contributed by atoms with Crippen LogP contribution in [0.15, 0.2) is 30.5 Å². The summed E-state index contributed by atoms with van der Waals surface area (Å²) in [6.45, 7) is 3.80. The molecule has 12 heteroatoms. The number of nitrogens with one attached hydrogen (secondary N) is 1. The first-order valence-electron chi connectivity index (χ1n) is 9.75. The molecule has 2 aliphatic rings. The van der Waals surface area contributed by atoms with Crippen LogP contribution in [-0.4, -0.2) is 55.2 Å². The number of rotatable bonds is 9. The molecule has 1 N–H and O–H groups in total. The largest absolute Gasteiger partial charge is 0.522 e. The number of carbonyl (C=O) groups is 2. The van der Waals surface area contributed by atoms with Crippen molar-refractivity contribution >= 4 is 23.6 Å². The highest BCUT2D eigenvalue weighted by Crippen LogP contribution is 2.39. The Morgan fingerprint density at radius 3 is 2.72 bits per heavy atom. The molecule has 32 heavy (non-hydrogen) atoms. The third kappa shape index (κ3) is 6.73. The molecule has 7 nitrogen and oxygen atoms in total. The summed E-state index contributed by atoms with van der Waals surface area (Å²) in [6.07, 6.45) is -6.05. The molecule has 2 amide bonds. The Morgan fingerprint density at radius 2 is 2.06 bits per heavy atom. The van der Waals surface area contributed by atoms with Gasteiger partial charge in [-0.1, -0.05) is 18.2 Å². The summed E-state index contributed by atoms with van der Waals surface area (Å²) in [6, 6.07) is 3.78. The van der Waals surface area contributed by atoms with Crippen LogP contribution in [0.2, 0.25) is 5.02 Å². The van der Waals surface area contributed by atoms with Gasteiger partial charge >= 0.3 is 12.5 Å². The Morgan fingerprint density at radius 1 is 1.34 bits per heavy atom. The Kier molecular flexibility index (Phi) is 7.50. The lowest BCUT2D eigenvalue weighted by atomic mass is 9.78. The fourth-order valence-corrected chi connectivity index (χ4v) is 3.55. The van der Waals surface area contributed by atoms with Crippen LogP contribution in [-0.2, 0) is 14.3 Å². The van der Waals surface area contributed by atoms with E-state index >= 15 is 0 Å². The van der Waals surface area contributed by atoms with E-state index in [-0.39, 0.29) is 55.6 Å². The van der Waals surface area contributed by atoms with Gasteiger partial charge in [0.05, 0.1) is 17.7 Å². The monoisotopic (exact) mass is 480 g/mol. The average Bonchev–Trinajstić information content (AvgIpc) is 3.03. The predicted molar refractivity (Wildman–Crippen MR) is 104 cm³/mol. The summed E-state index contributed by atoms with van der Waals surface area (Å²) in [5, 5.41) is 2.45. The SMILES string of the molecule is C=C(CCN1C[C@H](C2CC(OC(F)(F)F)C2)OC1=O)NC(=O)COc1ccc(Cl)c(F)c1. The van der Waals surface area contributed by atoms with Gasteiger partial charge in [-0.15, -0.1) is 13.2 Å². The van der Waals surface area contributed by atoms with Crippen molar-refractivity contribution in [3.8, 4) is 5.75 Å². The van der Waals surface area contributed by atoms with E-state index in [2.05, 4.69) is 16.6 Å². The first-order chi connectivity index (χ1) is 15.0. The van der Waals surface area contributed by atoms with E-state index < -0.39 is 36.4 Å². The van der Waals surface area contributed by atoms with E-state index in [0.717, 1.165) is 6.07 Å². The smallest absolute Gasteiger partial charge is 0.484 e. The van der Waals surface area contributed by atoms with Gasteiger partial charge in [-0.25, -0.2) is 9.18 Å². The van der Waals surface area contributed by atoms with Crippen molar-refractivity contribution in [2.24, 2.45) is 5.92 Å². The zero-order chi connectivity index (χ0) is 23.5. The van der Waals surface area contributed by atoms with Crippen molar-refractivity contribution in [2.45, 2.75) is 37.8 Å². The standard InChI is InChI=1S/C20H21ClF4N2O5/c1-11(26-18(28)10-30-13-2-3-15(21)16(22)8-13)4-5-27-9-17(31-19(27)29)12-6-14(7-12)32-20(23,24)25/h2-3,8,12,14,17H,1,4-7,9-10H2,(H,26,28)/t12?,14?,17-/m1/s1. The summed E-state index contributed by atoms with van der Waals surface area (Å²) in [7, 11) is 0. The number of ether oxygens (including phenoxy) is 3. The Bertz CT molecular complexity index is 876. The van der Waals surface area contributed by atoms with Gasteiger partial charge in [0.25, 0.3) is 5.91 Å². The van der Waals surface area contributed by atoms with Crippen molar-refractivity contribution in [1.82, 2.24) is 10.2 Å². The van der Waals surface area contributed by atoms with E-state index in [4.69, 9.17) is 21.1 Å². The van der Waals surface area contributed by atoms with E-state index in [1.807, 2.05) is 0 Å². The molecule has 0 unspecified atom stereocenters. The maximum absolute atomic E-state index is 13.4. The second-order valence-electron chi connectivity index (χ2n) is 7.55. The first-order valence-corrected chi connectivity index (χ1v) is 10.1. The number of hydrogen-bond acceptors (Lipinski definition) is 5. The molecule has 1 saturated heterocycles. The van der Waals surface area contributed by atoms with Crippen LogP contribution < -0.4 is 10.1 Å². The van der Waals surface area contributed by atoms with Crippen LogP contribution in [0.1, 0.15) is 19.3 Å². The van der Waals surface area contributed by atoms with E-state index in [1.54, 1.807) is 0 Å². The fraction of sp³-hybridized carbons (Fsp3) is 0.500. The molecule has 1 aromatic carbocycles. The number of cyclic esters (lactones) is 1. The number of benzene rings is 1. The summed E-state index contributed by atoms with van der Waals surface area (Å²) in [4.78, 5) is 25.4. The van der Waals surface area contributed by atoms with Gasteiger partial charge in [0.1, 0.15) is 17.7 Å². The molecule has 0 radical (unpaired) electrons. The molecule has 176 valence electrons. The summed E-state index contributed by atoms with van der Waals surface area (Å²) in [5.74, 6) is -1.24. The minimum Gasteiger partial charge on any atom is -0.484 e. The van der Waals surface area contributed by atoms with Crippen LogP contribution in [0.25, 0.3) is 0 Å². The zero-order valence-electron chi connectivity index (χ0n) is 16.8. The maximum Gasteiger partial charge on any atom is 0.522 e. The molecule has 1 atom stereocenters. The number of carbonyl (C=O) groups excluding carboxylic acids is 2. The minimum atomic E-state index is -4.67. The molecular formula is C20H21ClF4N2O5. The molecule has 0 bridgehead atoms. The van der Waals surface area contributed by atoms with Crippen LogP contribution >= 0.6 is 11.6 Å². The van der Waals surface area contributed by atoms with Gasteiger partial charge in [0, 0.05) is 30.6 Å². The normalized spacial score (nSPS) is 22.8. The van der Waals surface area contributed by atoms with Gasteiger partial charge in [0.2, 0.25) is 0 Å². The first kappa shape index (κ1) is 24.1. The molecule has 3 rings (SSSR count). The van der Waals surface area contributed by atoms with Crippen molar-refractivity contribution in [3.63, 3.8) is 0 Å². The molecule has 1 aromatic rings. The van der Waals surface area contributed by atoms with Gasteiger partial charge < -0.3 is 19.7 Å². The second kappa shape index (κ2) is 9.95. The molecule has 0 spiro atoms. The van der Waals surface area contributed by atoms with E-state index in [9.17, 15) is 27.2 Å². The van der Waals surface area contributed by atoms with Crippen LogP contribution in [0.5, 0.6) is 5.75 Å². The van der Waals surface area contributed by atoms with Crippen molar-refractivity contribution < 1.29 is 41.4 Å². The summed E-state index contributed by atoms with van der Waals surface area (Å²) in [5.41, 5.74) is 0.333. The third-order valence-electron chi connectivity index (χ3n) is 5.13. The predicted octanol–water partition coefficient (Wildman–Crippen LogP) is 4.01. The minimum absolute atomic E-state index is 0.0652. The molecule has 1 aliphatic heterocycles. The van der Waals surface area contributed by atoms with Crippen molar-refractivity contribution in [3.05, 3.63) is 41.3 Å². The van der Waals surface area contributed by atoms with Gasteiger partial charge in [0.15, 0.2) is 6.61 Å². The summed E-state index contributed by atoms with van der Waals surface area (Å²) >= 11 is 5.57. The van der Waals surface area contributed by atoms with Gasteiger partial charge in [-0.3, -0.25) is 9.53 Å². The number of halogens is 5. The summed E-state index contributed by atoms with van der Waals surface area (Å²) < 4.78 is 64.4. The zero-order valence-corrected chi connectivity index (χ0v) is 17.5. The third-order valence-corrected chi connectivity index (χ3v) is 5.44. The highest BCUT2D eigenvalue weighted by Gasteiger charge is 2.46. The average molecular weight is 481 g/mol. The van der Waals surface area contributed by atoms with Crippen LogP contribution in [0.4, 0.5) is 22.4 Å². The highest BCUT2D eigenvalue weighted by atomic mass is 35.5. The van der Waals surface area contributed by atoms with Crippen molar-refractivity contribution in [2.75, 3.05) is 19.7 Å². The second-order valence-corrected chi connectivity index (χ2v) is 7.96. The van der Waals surface area contributed by atoms with Crippen LogP contribution in [0, 0.1) is 11.7 Å². The molecule has 0 aromatic heterocycles. The van der Waals surface area contributed by atoms with Crippen LogP contribution in [0.3, 0.4) is 0 Å².